The molecular formula is C22H20N2O4. The summed E-state index contributed by atoms with van der Waals surface area (Å²) in [5.74, 6) is -1.97. The number of anilines is 4. The number of hydrogen-bond acceptors (Lipinski definition) is 4. The van der Waals surface area contributed by atoms with Crippen LogP contribution >= 0.6 is 0 Å². The number of nitrogens with zero attached hydrogens (tertiary/aromatic N) is 2. The average molecular weight is 376 g/mol. The predicted molar refractivity (Wildman–Crippen MR) is 109 cm³/mol. The monoisotopic (exact) mass is 376 g/mol. The van der Waals surface area contributed by atoms with Crippen molar-refractivity contribution in [2.24, 2.45) is 0 Å². The van der Waals surface area contributed by atoms with E-state index in [0.29, 0.717) is 0 Å². The molecule has 0 fully saturated rings. The Morgan fingerprint density at radius 2 is 0.857 bits per heavy atom. The first-order valence-electron chi connectivity index (χ1n) is 8.61. The highest BCUT2D eigenvalue weighted by Crippen LogP contribution is 2.35. The second-order valence-corrected chi connectivity index (χ2v) is 6.45. The summed E-state index contributed by atoms with van der Waals surface area (Å²) in [6.45, 7) is 0. The van der Waals surface area contributed by atoms with E-state index in [2.05, 4.69) is 0 Å². The van der Waals surface area contributed by atoms with Gasteiger partial charge in [0.05, 0.1) is 11.1 Å². The lowest BCUT2D eigenvalue weighted by atomic mass is 10.1. The molecule has 0 radical (unpaired) electrons. The molecule has 2 N–H and O–H groups in total. The molecule has 28 heavy (non-hydrogen) atoms. The van der Waals surface area contributed by atoms with E-state index in [1.807, 2.05) is 48.2 Å². The predicted octanol–water partition coefficient (Wildman–Crippen LogP) is 4.62. The standard InChI is InChI=1S/C22H20N2O4/c1-23(2)17-11-13-20(14-12-17)24(18-7-3-15(4-8-18)21(25)26)19-9-5-16(6-10-19)22(27)28/h3-14H,1-2H3,(H,25,26)(H,27,28). The summed E-state index contributed by atoms with van der Waals surface area (Å²) in [4.78, 5) is 26.2. The number of benzene rings is 3. The molecule has 0 saturated carbocycles. The van der Waals surface area contributed by atoms with Gasteiger partial charge in [0.25, 0.3) is 0 Å². The zero-order valence-electron chi connectivity index (χ0n) is 15.5. The topological polar surface area (TPSA) is 81.1 Å². The van der Waals surface area contributed by atoms with Gasteiger partial charge in [-0.3, -0.25) is 0 Å². The van der Waals surface area contributed by atoms with Crippen LogP contribution in [0, 0.1) is 0 Å². The van der Waals surface area contributed by atoms with Crippen LogP contribution in [-0.2, 0) is 0 Å². The first-order chi connectivity index (χ1) is 13.4. The van der Waals surface area contributed by atoms with Crippen LogP contribution < -0.4 is 9.80 Å². The van der Waals surface area contributed by atoms with Gasteiger partial charge in [0.15, 0.2) is 0 Å². The Morgan fingerprint density at radius 3 is 1.14 bits per heavy atom. The highest BCUT2D eigenvalue weighted by molar-refractivity contribution is 5.90. The molecule has 0 unspecified atom stereocenters. The molecule has 6 nitrogen and oxygen atoms in total. The zero-order valence-corrected chi connectivity index (χ0v) is 15.5. The molecule has 0 amide bonds. The van der Waals surface area contributed by atoms with Crippen LogP contribution in [0.15, 0.2) is 72.8 Å². The third-order valence-electron chi connectivity index (χ3n) is 4.37. The van der Waals surface area contributed by atoms with Crippen LogP contribution in [0.5, 0.6) is 0 Å². The van der Waals surface area contributed by atoms with E-state index < -0.39 is 11.9 Å². The SMILES string of the molecule is CN(C)c1ccc(N(c2ccc(C(=O)O)cc2)c2ccc(C(=O)O)cc2)cc1. The molecule has 0 aliphatic heterocycles. The van der Waals surface area contributed by atoms with E-state index in [1.165, 1.54) is 0 Å². The van der Waals surface area contributed by atoms with Gasteiger partial charge in [-0.25, -0.2) is 9.59 Å². The Kier molecular flexibility index (Phi) is 5.31. The Labute approximate surface area is 162 Å². The van der Waals surface area contributed by atoms with Crippen molar-refractivity contribution < 1.29 is 19.8 Å². The fraction of sp³-hybridized carbons (Fsp3) is 0.0909. The van der Waals surface area contributed by atoms with Crippen molar-refractivity contribution >= 4 is 34.7 Å². The van der Waals surface area contributed by atoms with Crippen molar-refractivity contribution in [1.82, 2.24) is 0 Å². The second-order valence-electron chi connectivity index (χ2n) is 6.45. The number of rotatable bonds is 6. The lowest BCUT2D eigenvalue weighted by molar-refractivity contribution is 0.0686. The maximum atomic E-state index is 11.2. The van der Waals surface area contributed by atoms with E-state index in [9.17, 15) is 9.59 Å². The normalized spacial score (nSPS) is 10.4. The highest BCUT2D eigenvalue weighted by Gasteiger charge is 2.14. The summed E-state index contributed by atoms with van der Waals surface area (Å²) in [6.07, 6.45) is 0. The minimum absolute atomic E-state index is 0.202. The summed E-state index contributed by atoms with van der Waals surface area (Å²) in [5.41, 5.74) is 3.86. The largest absolute Gasteiger partial charge is 0.478 e. The molecule has 0 heterocycles. The molecule has 6 heteroatoms. The lowest BCUT2D eigenvalue weighted by Gasteiger charge is -2.26. The van der Waals surface area contributed by atoms with E-state index >= 15 is 0 Å². The summed E-state index contributed by atoms with van der Waals surface area (Å²) >= 11 is 0. The van der Waals surface area contributed by atoms with Crippen LogP contribution in [0.25, 0.3) is 0 Å². The zero-order chi connectivity index (χ0) is 20.3. The molecule has 3 rings (SSSR count). The Morgan fingerprint density at radius 1 is 0.571 bits per heavy atom. The summed E-state index contributed by atoms with van der Waals surface area (Å²) in [6, 6.07) is 21.0. The maximum absolute atomic E-state index is 11.2. The smallest absolute Gasteiger partial charge is 0.335 e. The van der Waals surface area contributed by atoms with E-state index in [-0.39, 0.29) is 11.1 Å². The first kappa shape index (κ1) is 19.0. The molecular weight excluding hydrogens is 356 g/mol. The van der Waals surface area contributed by atoms with Gasteiger partial charge in [0.2, 0.25) is 0 Å². The van der Waals surface area contributed by atoms with Gasteiger partial charge in [-0.05, 0) is 72.8 Å². The van der Waals surface area contributed by atoms with Crippen LogP contribution in [-0.4, -0.2) is 36.2 Å². The van der Waals surface area contributed by atoms with Crippen molar-refractivity contribution in [1.29, 1.82) is 0 Å². The van der Waals surface area contributed by atoms with Crippen LogP contribution in [0.3, 0.4) is 0 Å². The molecule has 3 aromatic carbocycles. The van der Waals surface area contributed by atoms with E-state index in [0.717, 1.165) is 22.7 Å². The number of carboxylic acids is 2. The summed E-state index contributed by atoms with van der Waals surface area (Å²) in [7, 11) is 3.92. The van der Waals surface area contributed by atoms with E-state index in [1.54, 1.807) is 48.5 Å². The molecule has 142 valence electrons. The number of carboxylic acid groups (broad SMARTS) is 2. The first-order valence-corrected chi connectivity index (χ1v) is 8.61. The average Bonchev–Trinajstić information content (AvgIpc) is 2.69. The summed E-state index contributed by atoms with van der Waals surface area (Å²) < 4.78 is 0. The van der Waals surface area contributed by atoms with Crippen molar-refractivity contribution in [3.05, 3.63) is 83.9 Å². The fourth-order valence-electron chi connectivity index (χ4n) is 2.85. The van der Waals surface area contributed by atoms with Gasteiger partial charge in [0, 0.05) is 36.8 Å². The van der Waals surface area contributed by atoms with Gasteiger partial charge < -0.3 is 20.0 Å². The van der Waals surface area contributed by atoms with Crippen LogP contribution in [0.1, 0.15) is 20.7 Å². The van der Waals surface area contributed by atoms with Crippen molar-refractivity contribution in [2.75, 3.05) is 23.9 Å². The molecule has 0 bridgehead atoms. The molecule has 0 aliphatic rings. The molecule has 0 aliphatic carbocycles. The second kappa shape index (κ2) is 7.84. The van der Waals surface area contributed by atoms with E-state index in [4.69, 9.17) is 10.2 Å². The Bertz CT molecular complexity index is 921. The van der Waals surface area contributed by atoms with Gasteiger partial charge in [-0.2, -0.15) is 0 Å². The quantitative estimate of drug-likeness (QED) is 0.653. The highest BCUT2D eigenvalue weighted by atomic mass is 16.4. The third-order valence-corrected chi connectivity index (χ3v) is 4.37. The van der Waals surface area contributed by atoms with Crippen LogP contribution in [0.4, 0.5) is 22.7 Å². The van der Waals surface area contributed by atoms with Crippen molar-refractivity contribution in [3.8, 4) is 0 Å². The van der Waals surface area contributed by atoms with Gasteiger partial charge in [-0.15, -0.1) is 0 Å². The minimum atomic E-state index is -0.987. The van der Waals surface area contributed by atoms with Crippen molar-refractivity contribution in [3.63, 3.8) is 0 Å². The fourth-order valence-corrected chi connectivity index (χ4v) is 2.85. The lowest BCUT2D eigenvalue weighted by Crippen LogP contribution is -2.12. The van der Waals surface area contributed by atoms with Gasteiger partial charge in [-0.1, -0.05) is 0 Å². The minimum Gasteiger partial charge on any atom is -0.478 e. The van der Waals surface area contributed by atoms with Crippen molar-refractivity contribution in [2.45, 2.75) is 0 Å². The molecule has 0 spiro atoms. The van der Waals surface area contributed by atoms with Crippen LogP contribution in [0.2, 0.25) is 0 Å². The molecule has 0 atom stereocenters. The molecule has 0 aromatic heterocycles. The number of aromatic carboxylic acids is 2. The molecule has 0 saturated heterocycles. The van der Waals surface area contributed by atoms with Gasteiger partial charge >= 0.3 is 11.9 Å². The number of hydrogen-bond donors (Lipinski definition) is 2. The number of carbonyl (C=O) groups is 2. The molecule has 3 aromatic rings. The van der Waals surface area contributed by atoms with Gasteiger partial charge in [0.1, 0.15) is 0 Å². The third kappa shape index (κ3) is 3.96. The maximum Gasteiger partial charge on any atom is 0.335 e. The Hall–Kier alpha value is -3.80. The Balaban J connectivity index is 2.07. The summed E-state index contributed by atoms with van der Waals surface area (Å²) in [5, 5.41) is 18.3.